The van der Waals surface area contributed by atoms with Gasteiger partial charge in [0, 0.05) is 23.8 Å². The van der Waals surface area contributed by atoms with Crippen molar-refractivity contribution >= 4 is 57.4 Å². The summed E-state index contributed by atoms with van der Waals surface area (Å²) in [5, 5.41) is 23.3. The van der Waals surface area contributed by atoms with Crippen LogP contribution < -0.4 is 11.1 Å². The van der Waals surface area contributed by atoms with Gasteiger partial charge in [0.2, 0.25) is 0 Å². The molecular weight excluding hydrogens is 389 g/mol. The van der Waals surface area contributed by atoms with Crippen molar-refractivity contribution in [1.82, 2.24) is 0 Å². The molecule has 1 aliphatic rings. The molecule has 1 aliphatic carbocycles. The number of ketones is 1. The van der Waals surface area contributed by atoms with Crippen LogP contribution in [0.5, 0.6) is 11.5 Å². The minimum absolute atomic E-state index is 0.0240. The van der Waals surface area contributed by atoms with Gasteiger partial charge in [0.25, 0.3) is 0 Å². The van der Waals surface area contributed by atoms with Crippen LogP contribution in [0.4, 0.5) is 22.7 Å². The van der Waals surface area contributed by atoms with E-state index in [1.165, 1.54) is 36.4 Å². The first-order valence-electron chi connectivity index (χ1n) is 7.82. The monoisotopic (exact) mass is 403 g/mol. The van der Waals surface area contributed by atoms with Crippen molar-refractivity contribution in [2.75, 3.05) is 11.1 Å². The van der Waals surface area contributed by atoms with E-state index in [1.807, 2.05) is 0 Å². The zero-order valence-corrected chi connectivity index (χ0v) is 15.6. The summed E-state index contributed by atoms with van der Waals surface area (Å²) in [4.78, 5) is 15.8. The van der Waals surface area contributed by atoms with Crippen LogP contribution in [0, 0.1) is 6.92 Å². The third-order valence-electron chi connectivity index (χ3n) is 3.92. The third kappa shape index (κ3) is 3.92. The number of benzene rings is 2. The van der Waals surface area contributed by atoms with Gasteiger partial charge in [-0.3, -0.25) is 4.79 Å². The molecule has 27 heavy (non-hydrogen) atoms. The number of halogens is 2. The molecule has 8 heteroatoms. The molecule has 0 unspecified atom stereocenters. The van der Waals surface area contributed by atoms with Gasteiger partial charge in [0.05, 0.1) is 38.5 Å². The summed E-state index contributed by atoms with van der Waals surface area (Å²) < 4.78 is 0. The fourth-order valence-corrected chi connectivity index (χ4v) is 2.99. The number of nitrogens with zero attached hydrogens (tertiary/aromatic N) is 1. The van der Waals surface area contributed by atoms with Gasteiger partial charge in [0.15, 0.2) is 5.78 Å². The van der Waals surface area contributed by atoms with Gasteiger partial charge < -0.3 is 21.3 Å². The summed E-state index contributed by atoms with van der Waals surface area (Å²) in [5.41, 5.74) is 8.43. The summed E-state index contributed by atoms with van der Waals surface area (Å²) in [6.45, 7) is 1.72. The van der Waals surface area contributed by atoms with Crippen molar-refractivity contribution in [2.45, 2.75) is 6.92 Å². The van der Waals surface area contributed by atoms with Gasteiger partial charge in [-0.2, -0.15) is 0 Å². The molecule has 0 saturated carbocycles. The molecule has 0 saturated heterocycles. The predicted molar refractivity (Wildman–Crippen MR) is 109 cm³/mol. The molecule has 2 aromatic carbocycles. The Morgan fingerprint density at radius 3 is 2.56 bits per heavy atom. The molecule has 0 bridgehead atoms. The largest absolute Gasteiger partial charge is 0.508 e. The summed E-state index contributed by atoms with van der Waals surface area (Å²) in [6, 6.07) is 5.78. The summed E-state index contributed by atoms with van der Waals surface area (Å²) >= 11 is 12.2. The molecule has 138 valence electrons. The van der Waals surface area contributed by atoms with E-state index in [0.29, 0.717) is 28.3 Å². The lowest BCUT2D eigenvalue weighted by atomic mass is 10.1. The lowest BCUT2D eigenvalue weighted by molar-refractivity contribution is -0.110. The number of anilines is 3. The summed E-state index contributed by atoms with van der Waals surface area (Å²) in [6.07, 6.45) is 4.12. The van der Waals surface area contributed by atoms with Crippen LogP contribution in [0.2, 0.25) is 5.02 Å². The van der Waals surface area contributed by atoms with Gasteiger partial charge in [-0.15, -0.1) is 0 Å². The van der Waals surface area contributed by atoms with Gasteiger partial charge in [-0.05, 0) is 31.2 Å². The average molecular weight is 404 g/mol. The fourth-order valence-electron chi connectivity index (χ4n) is 2.56. The van der Waals surface area contributed by atoms with Crippen molar-refractivity contribution in [3.05, 3.63) is 58.1 Å². The first kappa shape index (κ1) is 18.8. The lowest BCUT2D eigenvalue weighted by Gasteiger charge is -2.17. The number of hydrogen-bond donors (Lipinski definition) is 4. The number of hydrogen-bond acceptors (Lipinski definition) is 6. The van der Waals surface area contributed by atoms with Crippen LogP contribution in [0.1, 0.15) is 5.56 Å². The molecule has 2 aromatic rings. The Labute approximate surface area is 165 Å². The number of allylic oxidation sites excluding steroid dienone is 4. The van der Waals surface area contributed by atoms with Crippen LogP contribution >= 0.6 is 23.2 Å². The second kappa shape index (κ2) is 7.34. The molecule has 6 nitrogen and oxygen atoms in total. The number of phenolic OH excluding ortho intramolecular Hbond substituents is 2. The van der Waals surface area contributed by atoms with E-state index < -0.39 is 0 Å². The van der Waals surface area contributed by atoms with E-state index in [4.69, 9.17) is 28.9 Å². The Hall–Kier alpha value is -2.96. The van der Waals surface area contributed by atoms with E-state index in [1.54, 1.807) is 13.0 Å². The number of nitrogens with two attached hydrogens (primary N) is 1. The van der Waals surface area contributed by atoms with Gasteiger partial charge >= 0.3 is 0 Å². The molecule has 0 radical (unpaired) electrons. The Bertz CT molecular complexity index is 1040. The molecule has 3 rings (SSSR count). The summed E-state index contributed by atoms with van der Waals surface area (Å²) in [5.74, 6) is -0.288. The van der Waals surface area contributed by atoms with Crippen molar-refractivity contribution < 1.29 is 15.0 Å². The molecule has 5 N–H and O–H groups in total. The summed E-state index contributed by atoms with van der Waals surface area (Å²) in [7, 11) is 0. The molecule has 0 aromatic heterocycles. The number of rotatable bonds is 3. The molecule has 0 spiro atoms. The Balaban J connectivity index is 2.07. The SMILES string of the molecule is Cc1c(N=C2C=CC(=O)C=C2Cl)c(N)cc(O)c1Nc1ccc(O)cc1Cl. The zero-order valence-electron chi connectivity index (χ0n) is 14.1. The quantitative estimate of drug-likeness (QED) is 0.256. The molecule has 0 aliphatic heterocycles. The number of carbonyl (C=O) groups is 1. The third-order valence-corrected chi connectivity index (χ3v) is 4.53. The smallest absolute Gasteiger partial charge is 0.180 e. The van der Waals surface area contributed by atoms with Crippen LogP contribution in [-0.4, -0.2) is 21.7 Å². The number of nitrogen functional groups attached to an aromatic ring is 1. The molecule has 0 fully saturated rings. The van der Waals surface area contributed by atoms with Crippen molar-refractivity contribution in [3.63, 3.8) is 0 Å². The van der Waals surface area contributed by atoms with Crippen LogP contribution in [0.3, 0.4) is 0 Å². The first-order chi connectivity index (χ1) is 12.8. The van der Waals surface area contributed by atoms with Crippen LogP contribution in [0.25, 0.3) is 0 Å². The van der Waals surface area contributed by atoms with E-state index in [2.05, 4.69) is 10.3 Å². The van der Waals surface area contributed by atoms with E-state index in [9.17, 15) is 15.0 Å². The van der Waals surface area contributed by atoms with Gasteiger partial charge in [0.1, 0.15) is 11.5 Å². The van der Waals surface area contributed by atoms with Crippen LogP contribution in [0.15, 0.2) is 52.5 Å². The second-order valence-electron chi connectivity index (χ2n) is 5.85. The maximum Gasteiger partial charge on any atom is 0.180 e. The van der Waals surface area contributed by atoms with Gasteiger partial charge in [-0.25, -0.2) is 4.99 Å². The number of nitrogens with one attached hydrogen (secondary N) is 1. The number of aromatic hydroxyl groups is 2. The predicted octanol–water partition coefficient (Wildman–Crippen LogP) is 4.72. The molecular formula is C19H15Cl2N3O3. The topological polar surface area (TPSA) is 108 Å². The highest BCUT2D eigenvalue weighted by atomic mass is 35.5. The van der Waals surface area contributed by atoms with Gasteiger partial charge in [-0.1, -0.05) is 23.2 Å². The highest BCUT2D eigenvalue weighted by Crippen LogP contribution is 2.42. The Kier molecular flexibility index (Phi) is 5.12. The highest BCUT2D eigenvalue weighted by molar-refractivity contribution is 6.48. The number of aliphatic imine (C=N–C) groups is 1. The normalized spacial score (nSPS) is 15.1. The fraction of sp³-hybridized carbons (Fsp3) is 0.0526. The highest BCUT2D eigenvalue weighted by Gasteiger charge is 2.17. The van der Waals surface area contributed by atoms with Crippen LogP contribution in [-0.2, 0) is 4.79 Å². The lowest BCUT2D eigenvalue weighted by Crippen LogP contribution is -2.04. The Morgan fingerprint density at radius 1 is 1.15 bits per heavy atom. The maximum absolute atomic E-state index is 11.4. The average Bonchev–Trinajstić information content (AvgIpc) is 2.58. The second-order valence-corrected chi connectivity index (χ2v) is 6.66. The molecule has 0 heterocycles. The van der Waals surface area contributed by atoms with Crippen molar-refractivity contribution in [1.29, 1.82) is 0 Å². The maximum atomic E-state index is 11.4. The standard InChI is InChI=1S/C19H15Cl2N3O3/c1-9-18(23-15-4-2-10(25)6-12(15)20)14(22)8-17(27)19(9)24-16-5-3-11(26)7-13(16)21/h2-8,24,26-27H,22H2,1H3. The Morgan fingerprint density at radius 2 is 1.89 bits per heavy atom. The number of phenols is 2. The van der Waals surface area contributed by atoms with Crippen molar-refractivity contribution in [3.8, 4) is 11.5 Å². The minimum Gasteiger partial charge on any atom is -0.508 e. The zero-order chi connectivity index (χ0) is 19.7. The van der Waals surface area contributed by atoms with E-state index in [0.717, 1.165) is 0 Å². The molecule has 0 atom stereocenters. The van der Waals surface area contributed by atoms with Crippen molar-refractivity contribution in [2.24, 2.45) is 4.99 Å². The first-order valence-corrected chi connectivity index (χ1v) is 8.57. The minimum atomic E-state index is -0.223. The number of carbonyl (C=O) groups excluding carboxylic acids is 1. The van der Waals surface area contributed by atoms with E-state index >= 15 is 0 Å². The van der Waals surface area contributed by atoms with E-state index in [-0.39, 0.29) is 33.0 Å². The molecule has 0 amide bonds.